The first kappa shape index (κ1) is 15.6. The van der Waals surface area contributed by atoms with Gasteiger partial charge in [0.2, 0.25) is 0 Å². The van der Waals surface area contributed by atoms with E-state index in [-0.39, 0.29) is 0 Å². The SMILES string of the molecule is CCn1ccnc1Cc1ccc(OC)c(CNC(C)C)c1. The molecule has 0 amide bonds. The molecule has 0 aliphatic heterocycles. The topological polar surface area (TPSA) is 39.1 Å². The number of benzene rings is 1. The summed E-state index contributed by atoms with van der Waals surface area (Å²) in [5.41, 5.74) is 2.45. The Morgan fingerprint density at radius 2 is 2.14 bits per heavy atom. The van der Waals surface area contributed by atoms with Crippen molar-refractivity contribution in [1.82, 2.24) is 14.9 Å². The minimum Gasteiger partial charge on any atom is -0.496 e. The number of rotatable bonds is 7. The van der Waals surface area contributed by atoms with Gasteiger partial charge in [-0.2, -0.15) is 0 Å². The zero-order chi connectivity index (χ0) is 15.2. The van der Waals surface area contributed by atoms with E-state index in [1.807, 2.05) is 18.5 Å². The summed E-state index contributed by atoms with van der Waals surface area (Å²) in [6.45, 7) is 8.20. The highest BCUT2D eigenvalue weighted by Gasteiger charge is 2.08. The third kappa shape index (κ3) is 4.08. The number of nitrogens with one attached hydrogen (secondary N) is 1. The Morgan fingerprint density at radius 3 is 2.81 bits per heavy atom. The van der Waals surface area contributed by atoms with Crippen LogP contribution in [0.4, 0.5) is 0 Å². The highest BCUT2D eigenvalue weighted by atomic mass is 16.5. The monoisotopic (exact) mass is 287 g/mol. The molecule has 0 aliphatic carbocycles. The van der Waals surface area contributed by atoms with E-state index in [0.717, 1.165) is 31.1 Å². The lowest BCUT2D eigenvalue weighted by Gasteiger charge is -2.13. The van der Waals surface area contributed by atoms with Crippen molar-refractivity contribution in [2.24, 2.45) is 0 Å². The van der Waals surface area contributed by atoms with E-state index in [9.17, 15) is 0 Å². The second-order valence-corrected chi connectivity index (χ2v) is 5.49. The summed E-state index contributed by atoms with van der Waals surface area (Å²) in [6.07, 6.45) is 4.74. The van der Waals surface area contributed by atoms with Crippen molar-refractivity contribution >= 4 is 0 Å². The van der Waals surface area contributed by atoms with Crippen molar-refractivity contribution in [3.8, 4) is 5.75 Å². The van der Waals surface area contributed by atoms with Crippen molar-refractivity contribution in [1.29, 1.82) is 0 Å². The zero-order valence-electron chi connectivity index (χ0n) is 13.4. The summed E-state index contributed by atoms with van der Waals surface area (Å²) in [4.78, 5) is 4.44. The maximum absolute atomic E-state index is 5.45. The van der Waals surface area contributed by atoms with Gasteiger partial charge in [-0.15, -0.1) is 0 Å². The molecule has 1 N–H and O–H groups in total. The summed E-state index contributed by atoms with van der Waals surface area (Å²) < 4.78 is 7.63. The van der Waals surface area contributed by atoms with Gasteiger partial charge in [-0.05, 0) is 18.6 Å². The highest BCUT2D eigenvalue weighted by molar-refractivity contribution is 5.38. The van der Waals surface area contributed by atoms with E-state index in [1.54, 1.807) is 7.11 Å². The third-order valence-electron chi connectivity index (χ3n) is 3.55. The van der Waals surface area contributed by atoms with Crippen molar-refractivity contribution in [3.63, 3.8) is 0 Å². The number of hydrogen-bond donors (Lipinski definition) is 1. The maximum Gasteiger partial charge on any atom is 0.123 e. The van der Waals surface area contributed by atoms with Gasteiger partial charge in [0, 0.05) is 43.5 Å². The fourth-order valence-electron chi connectivity index (χ4n) is 2.37. The first-order valence-electron chi connectivity index (χ1n) is 7.53. The van der Waals surface area contributed by atoms with Crippen LogP contribution in [-0.2, 0) is 19.5 Å². The van der Waals surface area contributed by atoms with E-state index in [2.05, 4.69) is 47.8 Å². The molecule has 0 spiro atoms. The second kappa shape index (κ2) is 7.27. The summed E-state index contributed by atoms with van der Waals surface area (Å²) in [7, 11) is 1.72. The van der Waals surface area contributed by atoms with Crippen molar-refractivity contribution < 1.29 is 4.74 Å². The molecular weight excluding hydrogens is 262 g/mol. The molecule has 0 bridgehead atoms. The lowest BCUT2D eigenvalue weighted by molar-refractivity contribution is 0.406. The Labute approximate surface area is 127 Å². The summed E-state index contributed by atoms with van der Waals surface area (Å²) in [5.74, 6) is 2.04. The van der Waals surface area contributed by atoms with Gasteiger partial charge in [0.05, 0.1) is 7.11 Å². The van der Waals surface area contributed by atoms with E-state index in [1.165, 1.54) is 11.1 Å². The maximum atomic E-state index is 5.45. The van der Waals surface area contributed by atoms with E-state index in [0.29, 0.717) is 6.04 Å². The van der Waals surface area contributed by atoms with E-state index >= 15 is 0 Å². The van der Waals surface area contributed by atoms with Crippen LogP contribution in [0.2, 0.25) is 0 Å². The molecular formula is C17H25N3O. The molecule has 1 aromatic heterocycles. The van der Waals surface area contributed by atoms with Crippen LogP contribution >= 0.6 is 0 Å². The minimum absolute atomic E-state index is 0.456. The van der Waals surface area contributed by atoms with Crippen molar-refractivity contribution in [2.45, 2.75) is 46.3 Å². The van der Waals surface area contributed by atoms with E-state index in [4.69, 9.17) is 4.74 Å². The van der Waals surface area contributed by atoms with Crippen LogP contribution < -0.4 is 10.1 Å². The molecule has 4 nitrogen and oxygen atoms in total. The Hall–Kier alpha value is -1.81. The van der Waals surface area contributed by atoms with Gasteiger partial charge in [0.25, 0.3) is 0 Å². The number of aromatic nitrogens is 2. The average molecular weight is 287 g/mol. The van der Waals surface area contributed by atoms with Crippen LogP contribution in [0.5, 0.6) is 5.75 Å². The van der Waals surface area contributed by atoms with Crippen LogP contribution in [0.25, 0.3) is 0 Å². The predicted octanol–water partition coefficient (Wildman–Crippen LogP) is 3.00. The Bertz CT molecular complexity index is 575. The van der Waals surface area contributed by atoms with E-state index < -0.39 is 0 Å². The molecule has 2 rings (SSSR count). The molecule has 1 aromatic carbocycles. The number of ether oxygens (including phenoxy) is 1. The van der Waals surface area contributed by atoms with Gasteiger partial charge in [0.1, 0.15) is 11.6 Å². The first-order chi connectivity index (χ1) is 10.1. The number of methoxy groups -OCH3 is 1. The summed E-state index contributed by atoms with van der Waals surface area (Å²) in [5, 5.41) is 3.44. The van der Waals surface area contributed by atoms with Crippen molar-refractivity contribution in [3.05, 3.63) is 47.5 Å². The Kier molecular flexibility index (Phi) is 5.39. The lowest BCUT2D eigenvalue weighted by Crippen LogP contribution is -2.22. The zero-order valence-corrected chi connectivity index (χ0v) is 13.4. The molecule has 4 heteroatoms. The molecule has 2 aromatic rings. The standard InChI is InChI=1S/C17H25N3O/c1-5-20-9-8-18-17(20)11-14-6-7-16(21-4)15(10-14)12-19-13(2)3/h6-10,13,19H,5,11-12H2,1-4H3. The van der Waals surface area contributed by atoms with Crippen LogP contribution in [0.1, 0.15) is 37.7 Å². The second-order valence-electron chi connectivity index (χ2n) is 5.49. The molecule has 1 heterocycles. The molecule has 0 aliphatic rings. The molecule has 0 atom stereocenters. The van der Waals surface area contributed by atoms with Crippen LogP contribution in [0.15, 0.2) is 30.6 Å². The summed E-state index contributed by atoms with van der Waals surface area (Å²) in [6, 6.07) is 6.83. The normalized spacial score (nSPS) is 11.1. The molecule has 21 heavy (non-hydrogen) atoms. The molecule has 0 radical (unpaired) electrons. The molecule has 0 unspecified atom stereocenters. The van der Waals surface area contributed by atoms with Crippen LogP contribution in [0, 0.1) is 0 Å². The van der Waals surface area contributed by atoms with Gasteiger partial charge in [0.15, 0.2) is 0 Å². The predicted molar refractivity (Wildman–Crippen MR) is 85.7 cm³/mol. The van der Waals surface area contributed by atoms with Crippen LogP contribution in [-0.4, -0.2) is 22.7 Å². The lowest BCUT2D eigenvalue weighted by atomic mass is 10.1. The molecule has 114 valence electrons. The average Bonchev–Trinajstić information content (AvgIpc) is 2.92. The molecule has 0 saturated carbocycles. The first-order valence-corrected chi connectivity index (χ1v) is 7.53. The quantitative estimate of drug-likeness (QED) is 0.851. The van der Waals surface area contributed by atoms with Gasteiger partial charge in [-0.1, -0.05) is 26.0 Å². The molecule has 0 fully saturated rings. The Balaban J connectivity index is 2.18. The number of imidazole rings is 1. The molecule has 0 saturated heterocycles. The Morgan fingerprint density at radius 1 is 1.33 bits per heavy atom. The van der Waals surface area contributed by atoms with Crippen molar-refractivity contribution in [2.75, 3.05) is 7.11 Å². The fraction of sp³-hybridized carbons (Fsp3) is 0.471. The smallest absolute Gasteiger partial charge is 0.123 e. The fourth-order valence-corrected chi connectivity index (χ4v) is 2.37. The van der Waals surface area contributed by atoms with Gasteiger partial charge < -0.3 is 14.6 Å². The minimum atomic E-state index is 0.456. The van der Waals surface area contributed by atoms with Gasteiger partial charge in [-0.3, -0.25) is 0 Å². The number of nitrogens with zero attached hydrogens (tertiary/aromatic N) is 2. The highest BCUT2D eigenvalue weighted by Crippen LogP contribution is 2.21. The number of hydrogen-bond acceptors (Lipinski definition) is 3. The van der Waals surface area contributed by atoms with Gasteiger partial charge >= 0.3 is 0 Å². The van der Waals surface area contributed by atoms with Crippen LogP contribution in [0.3, 0.4) is 0 Å². The number of aryl methyl sites for hydroxylation is 1. The largest absolute Gasteiger partial charge is 0.496 e. The summed E-state index contributed by atoms with van der Waals surface area (Å²) >= 11 is 0. The van der Waals surface area contributed by atoms with Gasteiger partial charge in [-0.25, -0.2) is 4.98 Å². The third-order valence-corrected chi connectivity index (χ3v) is 3.55.